The fraction of sp³-hybridized carbons (Fsp3) is 1.00. The van der Waals surface area contributed by atoms with Crippen molar-refractivity contribution in [2.24, 2.45) is 17.7 Å². The number of hydrazine groups is 1. The summed E-state index contributed by atoms with van der Waals surface area (Å²) < 4.78 is 32.6. The Balaban J connectivity index is 1.91. The van der Waals surface area contributed by atoms with Crippen LogP contribution in [0.1, 0.15) is 51.9 Å². The zero-order valence-electron chi connectivity index (χ0n) is 11.7. The molecule has 0 radical (unpaired) electrons. The van der Waals surface area contributed by atoms with Gasteiger partial charge in [0.15, 0.2) is 0 Å². The van der Waals surface area contributed by atoms with Crippen LogP contribution in [0.5, 0.6) is 0 Å². The normalized spacial score (nSPS) is 36.3. The third-order valence-electron chi connectivity index (χ3n) is 4.72. The Morgan fingerprint density at radius 3 is 2.84 bits per heavy atom. The van der Waals surface area contributed by atoms with E-state index in [4.69, 9.17) is 10.6 Å². The summed E-state index contributed by atoms with van der Waals surface area (Å²) in [5.41, 5.74) is 2.86. The van der Waals surface area contributed by atoms with Crippen molar-refractivity contribution in [3.8, 4) is 0 Å². The lowest BCUT2D eigenvalue weighted by atomic mass is 9.78. The zero-order valence-corrected chi connectivity index (χ0v) is 11.7. The minimum Gasteiger partial charge on any atom is -0.378 e. The molecule has 4 atom stereocenters. The first kappa shape index (κ1) is 15.1. The van der Waals surface area contributed by atoms with Crippen LogP contribution in [0.3, 0.4) is 0 Å². The first-order chi connectivity index (χ1) is 9.05. The van der Waals surface area contributed by atoms with Crippen molar-refractivity contribution in [3.63, 3.8) is 0 Å². The van der Waals surface area contributed by atoms with Crippen molar-refractivity contribution in [1.82, 2.24) is 5.43 Å². The summed E-state index contributed by atoms with van der Waals surface area (Å²) in [5, 5.41) is 0. The highest BCUT2D eigenvalue weighted by Gasteiger charge is 2.39. The molecule has 0 aromatic heterocycles. The lowest BCUT2D eigenvalue weighted by Crippen LogP contribution is -2.45. The molecule has 1 aliphatic carbocycles. The van der Waals surface area contributed by atoms with Gasteiger partial charge in [0.25, 0.3) is 0 Å². The van der Waals surface area contributed by atoms with Crippen LogP contribution in [-0.4, -0.2) is 24.7 Å². The van der Waals surface area contributed by atoms with E-state index in [-0.39, 0.29) is 30.9 Å². The van der Waals surface area contributed by atoms with Gasteiger partial charge in [0.1, 0.15) is 0 Å². The van der Waals surface area contributed by atoms with E-state index < -0.39 is 5.92 Å². The van der Waals surface area contributed by atoms with E-state index >= 15 is 0 Å². The van der Waals surface area contributed by atoms with E-state index in [1.165, 1.54) is 0 Å². The van der Waals surface area contributed by atoms with Gasteiger partial charge in [-0.15, -0.1) is 0 Å². The Bertz CT molecular complexity index is 289. The summed E-state index contributed by atoms with van der Waals surface area (Å²) in [6.07, 6.45) is 4.52. The van der Waals surface area contributed by atoms with Gasteiger partial charge in [-0.2, -0.15) is 0 Å². The molecule has 0 aromatic rings. The van der Waals surface area contributed by atoms with Gasteiger partial charge in [-0.05, 0) is 38.0 Å². The fourth-order valence-electron chi connectivity index (χ4n) is 3.75. The summed E-state index contributed by atoms with van der Waals surface area (Å²) >= 11 is 0. The highest BCUT2D eigenvalue weighted by Crippen LogP contribution is 2.40. The molecule has 1 aliphatic heterocycles. The molecule has 0 aromatic carbocycles. The number of alkyl halides is 2. The van der Waals surface area contributed by atoms with Gasteiger partial charge in [-0.25, -0.2) is 8.78 Å². The summed E-state index contributed by atoms with van der Waals surface area (Å²) in [6.45, 7) is 2.87. The Kier molecular flexibility index (Phi) is 5.15. The van der Waals surface area contributed by atoms with Crippen LogP contribution in [0, 0.1) is 11.8 Å². The molecule has 0 spiro atoms. The van der Waals surface area contributed by atoms with E-state index in [1.807, 2.05) is 0 Å². The van der Waals surface area contributed by atoms with E-state index in [1.54, 1.807) is 0 Å². The van der Waals surface area contributed by atoms with E-state index in [0.29, 0.717) is 12.3 Å². The number of hydrogen-bond donors (Lipinski definition) is 2. The minimum absolute atomic E-state index is 0.0234. The molecule has 5 heteroatoms. The van der Waals surface area contributed by atoms with Crippen molar-refractivity contribution in [2.75, 3.05) is 6.61 Å². The van der Waals surface area contributed by atoms with Crippen LogP contribution in [-0.2, 0) is 4.74 Å². The Morgan fingerprint density at radius 1 is 1.42 bits per heavy atom. The average Bonchev–Trinajstić information content (AvgIpc) is 2.83. The van der Waals surface area contributed by atoms with Crippen LogP contribution in [0.25, 0.3) is 0 Å². The Hall–Kier alpha value is -0.260. The van der Waals surface area contributed by atoms with Crippen LogP contribution in [0.2, 0.25) is 0 Å². The van der Waals surface area contributed by atoms with E-state index in [9.17, 15) is 8.78 Å². The van der Waals surface area contributed by atoms with Gasteiger partial charge in [-0.3, -0.25) is 11.3 Å². The maximum Gasteiger partial charge on any atom is 0.248 e. The van der Waals surface area contributed by atoms with Gasteiger partial charge < -0.3 is 4.74 Å². The number of hydrogen-bond acceptors (Lipinski definition) is 3. The summed E-state index contributed by atoms with van der Waals surface area (Å²) in [7, 11) is 0. The molecule has 2 rings (SSSR count). The highest BCUT2D eigenvalue weighted by atomic mass is 19.3. The van der Waals surface area contributed by atoms with Crippen LogP contribution in [0.4, 0.5) is 8.78 Å². The molecule has 1 heterocycles. The quantitative estimate of drug-likeness (QED) is 0.599. The summed E-state index contributed by atoms with van der Waals surface area (Å²) in [4.78, 5) is 0. The molecule has 1 saturated heterocycles. The van der Waals surface area contributed by atoms with Gasteiger partial charge in [0, 0.05) is 31.4 Å². The van der Waals surface area contributed by atoms with Gasteiger partial charge in [-0.1, -0.05) is 6.92 Å². The molecule has 2 aliphatic rings. The number of rotatable bonds is 5. The third kappa shape index (κ3) is 3.86. The lowest BCUT2D eigenvalue weighted by Gasteiger charge is -2.34. The molecule has 3 N–H and O–H groups in total. The zero-order chi connectivity index (χ0) is 13.9. The van der Waals surface area contributed by atoms with Crippen molar-refractivity contribution in [1.29, 1.82) is 0 Å². The standard InChI is InChI=1S/C14H26F2N2O/c1-2-13-11(5-7-19-13)12(18-17)8-10-4-3-6-14(15,16)9-10/h10-13,18H,2-9,17H2,1H3. The monoisotopic (exact) mass is 276 g/mol. The molecule has 112 valence electrons. The van der Waals surface area contributed by atoms with E-state index in [2.05, 4.69) is 12.3 Å². The fourth-order valence-corrected chi connectivity index (χ4v) is 3.75. The van der Waals surface area contributed by atoms with Crippen molar-refractivity contribution >= 4 is 0 Å². The molecule has 0 bridgehead atoms. The molecular formula is C14H26F2N2O. The molecule has 1 saturated carbocycles. The van der Waals surface area contributed by atoms with E-state index in [0.717, 1.165) is 32.3 Å². The molecule has 2 fully saturated rings. The first-order valence-electron chi connectivity index (χ1n) is 7.51. The second-order valence-electron chi connectivity index (χ2n) is 6.10. The molecule has 3 nitrogen and oxygen atoms in total. The summed E-state index contributed by atoms with van der Waals surface area (Å²) in [5.74, 6) is 3.64. The predicted molar refractivity (Wildman–Crippen MR) is 70.8 cm³/mol. The van der Waals surface area contributed by atoms with Crippen molar-refractivity contribution in [2.45, 2.75) is 69.9 Å². The number of ether oxygens (including phenoxy) is 1. The smallest absolute Gasteiger partial charge is 0.248 e. The topological polar surface area (TPSA) is 47.3 Å². The largest absolute Gasteiger partial charge is 0.378 e. The van der Waals surface area contributed by atoms with Crippen LogP contribution >= 0.6 is 0 Å². The second kappa shape index (κ2) is 6.46. The first-order valence-corrected chi connectivity index (χ1v) is 7.51. The molecule has 4 unspecified atom stereocenters. The van der Waals surface area contributed by atoms with Crippen LogP contribution < -0.4 is 11.3 Å². The maximum absolute atomic E-state index is 13.5. The second-order valence-corrected chi connectivity index (χ2v) is 6.10. The minimum atomic E-state index is -2.47. The van der Waals surface area contributed by atoms with Gasteiger partial charge >= 0.3 is 0 Å². The van der Waals surface area contributed by atoms with Crippen molar-refractivity contribution < 1.29 is 13.5 Å². The Labute approximate surface area is 114 Å². The maximum atomic E-state index is 13.5. The SMILES string of the molecule is CCC1OCCC1C(CC1CCCC(F)(F)C1)NN. The number of halogens is 2. The van der Waals surface area contributed by atoms with Gasteiger partial charge in [0.05, 0.1) is 6.10 Å². The predicted octanol–water partition coefficient (Wildman–Crippen LogP) is 2.85. The molecular weight excluding hydrogens is 250 g/mol. The average molecular weight is 276 g/mol. The number of nitrogens with one attached hydrogen (secondary N) is 1. The van der Waals surface area contributed by atoms with Crippen molar-refractivity contribution in [3.05, 3.63) is 0 Å². The molecule has 0 amide bonds. The van der Waals surface area contributed by atoms with Crippen LogP contribution in [0.15, 0.2) is 0 Å². The van der Waals surface area contributed by atoms with Gasteiger partial charge in [0.2, 0.25) is 5.92 Å². The Morgan fingerprint density at radius 2 is 2.21 bits per heavy atom. The lowest BCUT2D eigenvalue weighted by molar-refractivity contribution is -0.0562. The summed E-state index contributed by atoms with van der Waals surface area (Å²) in [6, 6.07) is 0.103. The number of nitrogens with two attached hydrogens (primary N) is 1. The highest BCUT2D eigenvalue weighted by molar-refractivity contribution is 4.88. The third-order valence-corrected chi connectivity index (χ3v) is 4.72. The molecule has 19 heavy (non-hydrogen) atoms.